The quantitative estimate of drug-likeness (QED) is 0.550. The van der Waals surface area contributed by atoms with Gasteiger partial charge in [0.15, 0.2) is 10.9 Å². The number of hydrazine groups is 1. The molecule has 1 amide bonds. The number of fused-ring (bicyclic) bond motifs is 1. The van der Waals surface area contributed by atoms with Crippen molar-refractivity contribution in [2.45, 2.75) is 26.9 Å². The molecule has 0 saturated heterocycles. The molecule has 0 fully saturated rings. The highest BCUT2D eigenvalue weighted by atomic mass is 32.1. The fourth-order valence-electron chi connectivity index (χ4n) is 2.26. The van der Waals surface area contributed by atoms with Crippen LogP contribution in [0.1, 0.15) is 36.4 Å². The van der Waals surface area contributed by atoms with Crippen LogP contribution in [-0.4, -0.2) is 24.7 Å². The van der Waals surface area contributed by atoms with Crippen molar-refractivity contribution in [3.05, 3.63) is 35.6 Å². The van der Waals surface area contributed by atoms with Crippen molar-refractivity contribution in [3.63, 3.8) is 0 Å². The Morgan fingerprint density at radius 3 is 2.75 bits per heavy atom. The number of furan rings is 1. The summed E-state index contributed by atoms with van der Waals surface area (Å²) in [6.07, 6.45) is 0.997. The number of amides is 1. The number of benzene rings is 1. The lowest BCUT2D eigenvalue weighted by atomic mass is 10.1. The van der Waals surface area contributed by atoms with E-state index < -0.39 is 5.91 Å². The van der Waals surface area contributed by atoms with Gasteiger partial charge in [0.1, 0.15) is 5.58 Å². The number of carbonyl (C=O) groups excluding carboxylic acids is 1. The first kappa shape index (κ1) is 18.2. The Hall–Kier alpha value is -2.12. The number of hydrogen-bond donors (Lipinski definition) is 3. The molecule has 0 aliphatic carbocycles. The van der Waals surface area contributed by atoms with Gasteiger partial charge in [-0.05, 0) is 30.6 Å². The third kappa shape index (κ3) is 4.69. The van der Waals surface area contributed by atoms with E-state index in [1.165, 1.54) is 0 Å². The van der Waals surface area contributed by atoms with E-state index in [1.54, 1.807) is 7.11 Å². The lowest BCUT2D eigenvalue weighted by Crippen LogP contribution is -2.47. The number of methoxy groups -OCH3 is 1. The average Bonchev–Trinajstić information content (AvgIpc) is 2.92. The molecule has 1 aromatic carbocycles. The van der Waals surface area contributed by atoms with Crippen LogP contribution in [0.5, 0.6) is 0 Å². The van der Waals surface area contributed by atoms with Gasteiger partial charge in [-0.1, -0.05) is 32.0 Å². The van der Waals surface area contributed by atoms with E-state index in [9.17, 15) is 4.79 Å². The van der Waals surface area contributed by atoms with Gasteiger partial charge in [-0.25, -0.2) is 0 Å². The highest BCUT2D eigenvalue weighted by Crippen LogP contribution is 2.26. The number of para-hydroxylation sites is 1. The summed E-state index contributed by atoms with van der Waals surface area (Å²) in [6, 6.07) is 7.47. The second-order valence-corrected chi connectivity index (χ2v) is 6.26. The number of ether oxygens (including phenoxy) is 1. The zero-order valence-corrected chi connectivity index (χ0v) is 15.0. The molecule has 24 heavy (non-hydrogen) atoms. The minimum absolute atomic E-state index is 0.218. The summed E-state index contributed by atoms with van der Waals surface area (Å²) in [6.45, 7) is 5.31. The van der Waals surface area contributed by atoms with Crippen molar-refractivity contribution < 1.29 is 13.9 Å². The summed E-state index contributed by atoms with van der Waals surface area (Å²) in [5, 5.41) is 4.27. The highest BCUT2D eigenvalue weighted by Gasteiger charge is 2.20. The molecule has 0 spiro atoms. The molecule has 6 nitrogen and oxygen atoms in total. The number of nitrogens with one attached hydrogen (secondary N) is 3. The number of carbonyl (C=O) groups is 1. The summed E-state index contributed by atoms with van der Waals surface area (Å²) in [5.74, 6) is 0.406. The molecule has 0 unspecified atom stereocenters. The standard InChI is InChI=1S/C17H23N3O3S/c1-11(2)8-9-18-17(24)20-19-16(21)15-13(10-22-3)12-6-4-5-7-14(12)23-15/h4-7,11H,8-10H2,1-3H3,(H,19,21)(H2,18,20,24). The topological polar surface area (TPSA) is 75.5 Å². The van der Waals surface area contributed by atoms with Crippen LogP contribution in [0, 0.1) is 5.92 Å². The summed E-state index contributed by atoms with van der Waals surface area (Å²) in [4.78, 5) is 12.4. The molecule has 0 saturated carbocycles. The van der Waals surface area contributed by atoms with E-state index in [0.29, 0.717) is 22.2 Å². The van der Waals surface area contributed by atoms with Crippen molar-refractivity contribution in [3.8, 4) is 0 Å². The van der Waals surface area contributed by atoms with Gasteiger partial charge < -0.3 is 14.5 Å². The Morgan fingerprint density at radius 2 is 2.04 bits per heavy atom. The molecule has 3 N–H and O–H groups in total. The van der Waals surface area contributed by atoms with Gasteiger partial charge in [0.25, 0.3) is 0 Å². The maximum absolute atomic E-state index is 12.4. The van der Waals surface area contributed by atoms with Gasteiger partial charge in [-0.15, -0.1) is 0 Å². The Labute approximate surface area is 146 Å². The third-order valence-electron chi connectivity index (χ3n) is 3.49. The van der Waals surface area contributed by atoms with Crippen LogP contribution >= 0.6 is 12.2 Å². The molecule has 130 valence electrons. The molecular formula is C17H23N3O3S. The molecule has 2 rings (SSSR count). The minimum Gasteiger partial charge on any atom is -0.450 e. The monoisotopic (exact) mass is 349 g/mol. The largest absolute Gasteiger partial charge is 0.450 e. The minimum atomic E-state index is -0.397. The van der Waals surface area contributed by atoms with Gasteiger partial charge in [0.05, 0.1) is 6.61 Å². The zero-order chi connectivity index (χ0) is 17.5. The molecule has 2 aromatic rings. The number of hydrogen-bond acceptors (Lipinski definition) is 4. The first-order chi connectivity index (χ1) is 11.5. The highest BCUT2D eigenvalue weighted by molar-refractivity contribution is 7.80. The third-order valence-corrected chi connectivity index (χ3v) is 3.74. The predicted octanol–water partition coefficient (Wildman–Crippen LogP) is 2.73. The van der Waals surface area contributed by atoms with Crippen LogP contribution in [0.2, 0.25) is 0 Å². The van der Waals surface area contributed by atoms with Crippen LogP contribution in [0.4, 0.5) is 0 Å². The van der Waals surface area contributed by atoms with Crippen molar-refractivity contribution in [2.24, 2.45) is 5.92 Å². The molecule has 0 aliphatic heterocycles. The van der Waals surface area contributed by atoms with Crippen LogP contribution in [-0.2, 0) is 11.3 Å². The number of rotatable bonds is 6. The van der Waals surface area contributed by atoms with Crippen molar-refractivity contribution in [2.75, 3.05) is 13.7 Å². The second kappa shape index (κ2) is 8.65. The van der Waals surface area contributed by atoms with Crippen LogP contribution in [0.25, 0.3) is 11.0 Å². The van der Waals surface area contributed by atoms with E-state index in [0.717, 1.165) is 18.4 Å². The molecule has 0 atom stereocenters. The zero-order valence-electron chi connectivity index (χ0n) is 14.1. The van der Waals surface area contributed by atoms with E-state index in [-0.39, 0.29) is 12.4 Å². The van der Waals surface area contributed by atoms with Gasteiger partial charge in [-0.3, -0.25) is 15.6 Å². The summed E-state index contributed by atoms with van der Waals surface area (Å²) in [5.41, 5.74) is 6.60. The molecule has 0 aliphatic rings. The van der Waals surface area contributed by atoms with Crippen LogP contribution < -0.4 is 16.2 Å². The van der Waals surface area contributed by atoms with Gasteiger partial charge >= 0.3 is 5.91 Å². The Balaban J connectivity index is 2.00. The van der Waals surface area contributed by atoms with Gasteiger partial charge in [-0.2, -0.15) is 0 Å². The van der Waals surface area contributed by atoms with E-state index in [1.807, 2.05) is 24.3 Å². The fourth-order valence-corrected chi connectivity index (χ4v) is 2.41. The van der Waals surface area contributed by atoms with Crippen molar-refractivity contribution >= 4 is 34.2 Å². The molecule has 7 heteroatoms. The lowest BCUT2D eigenvalue weighted by Gasteiger charge is -2.12. The summed E-state index contributed by atoms with van der Waals surface area (Å²) >= 11 is 5.13. The maximum Gasteiger partial charge on any atom is 0.305 e. The first-order valence-corrected chi connectivity index (χ1v) is 8.27. The van der Waals surface area contributed by atoms with Gasteiger partial charge in [0, 0.05) is 24.6 Å². The lowest BCUT2D eigenvalue weighted by molar-refractivity contribution is 0.0911. The average molecular weight is 349 g/mol. The Kier molecular flexibility index (Phi) is 6.57. The predicted molar refractivity (Wildman–Crippen MR) is 97.6 cm³/mol. The van der Waals surface area contributed by atoms with Crippen molar-refractivity contribution in [1.29, 1.82) is 0 Å². The molecule has 0 radical (unpaired) electrons. The van der Waals surface area contributed by atoms with Crippen LogP contribution in [0.15, 0.2) is 28.7 Å². The molecule has 1 heterocycles. The second-order valence-electron chi connectivity index (χ2n) is 5.86. The van der Waals surface area contributed by atoms with Crippen molar-refractivity contribution in [1.82, 2.24) is 16.2 Å². The number of thiocarbonyl (C=S) groups is 1. The summed E-state index contributed by atoms with van der Waals surface area (Å²) in [7, 11) is 1.58. The van der Waals surface area contributed by atoms with E-state index >= 15 is 0 Å². The van der Waals surface area contributed by atoms with Crippen LogP contribution in [0.3, 0.4) is 0 Å². The van der Waals surface area contributed by atoms with Gasteiger partial charge in [0.2, 0.25) is 0 Å². The normalized spacial score (nSPS) is 10.8. The maximum atomic E-state index is 12.4. The first-order valence-electron chi connectivity index (χ1n) is 7.86. The Morgan fingerprint density at radius 1 is 1.29 bits per heavy atom. The van der Waals surface area contributed by atoms with E-state index in [2.05, 4.69) is 30.0 Å². The summed E-state index contributed by atoms with van der Waals surface area (Å²) < 4.78 is 10.9. The SMILES string of the molecule is COCc1c(C(=O)NNC(=S)NCCC(C)C)oc2ccccc12. The molecular weight excluding hydrogens is 326 g/mol. The fraction of sp³-hybridized carbons (Fsp3) is 0.412. The van der Waals surface area contributed by atoms with E-state index in [4.69, 9.17) is 21.4 Å². The Bertz CT molecular complexity index is 712. The molecule has 1 aromatic heterocycles. The smallest absolute Gasteiger partial charge is 0.305 e. The molecule has 0 bridgehead atoms.